The van der Waals surface area contributed by atoms with Crippen molar-refractivity contribution in [2.45, 2.75) is 62.7 Å². The Balaban J connectivity index is 1.74. The Bertz CT molecular complexity index is 1370. The monoisotopic (exact) mass is 583 g/mol. The molecule has 0 bridgehead atoms. The SMILES string of the molecule is NCCCCC(NC(=O)C(N)Cc1c[nH]c2ccccc12)C(=O)NC(Cc1cnc[nH]1)C(=O)NC(CC(N)=O)C(=O)O. The van der Waals surface area contributed by atoms with Crippen LogP contribution in [-0.2, 0) is 36.8 Å². The smallest absolute Gasteiger partial charge is 0.326 e. The van der Waals surface area contributed by atoms with Crippen LogP contribution in [0.15, 0.2) is 43.0 Å². The molecule has 3 rings (SSSR count). The second-order valence-corrected chi connectivity index (χ2v) is 9.93. The maximum absolute atomic E-state index is 13.4. The number of aliphatic carboxylic acids is 1. The summed E-state index contributed by atoms with van der Waals surface area (Å²) in [4.78, 5) is 72.3. The van der Waals surface area contributed by atoms with E-state index in [0.717, 1.165) is 16.5 Å². The first-order valence-electron chi connectivity index (χ1n) is 13.5. The first-order valence-corrected chi connectivity index (χ1v) is 13.5. The van der Waals surface area contributed by atoms with E-state index in [4.69, 9.17) is 17.2 Å². The lowest BCUT2D eigenvalue weighted by molar-refractivity contribution is -0.143. The highest BCUT2D eigenvalue weighted by Gasteiger charge is 2.31. The van der Waals surface area contributed by atoms with Gasteiger partial charge in [0.25, 0.3) is 0 Å². The van der Waals surface area contributed by atoms with Crippen LogP contribution in [-0.4, -0.2) is 80.4 Å². The molecule has 0 saturated heterocycles. The van der Waals surface area contributed by atoms with Crippen LogP contribution in [0.25, 0.3) is 10.9 Å². The zero-order valence-electron chi connectivity index (χ0n) is 23.0. The molecule has 12 N–H and O–H groups in total. The molecule has 226 valence electrons. The van der Waals surface area contributed by atoms with E-state index in [1.165, 1.54) is 12.5 Å². The number of imidazole rings is 1. The number of carboxylic acid groups (broad SMARTS) is 1. The molecule has 42 heavy (non-hydrogen) atoms. The van der Waals surface area contributed by atoms with Crippen molar-refractivity contribution >= 4 is 40.5 Å². The number of H-pyrrole nitrogens is 2. The van der Waals surface area contributed by atoms with Gasteiger partial charge in [0, 0.05) is 35.4 Å². The van der Waals surface area contributed by atoms with Gasteiger partial charge in [0.1, 0.15) is 18.1 Å². The minimum absolute atomic E-state index is 0.0793. The quantitative estimate of drug-likeness (QED) is 0.0840. The van der Waals surface area contributed by atoms with Crippen LogP contribution >= 0.6 is 0 Å². The second-order valence-electron chi connectivity index (χ2n) is 9.93. The van der Waals surface area contributed by atoms with Crippen molar-refractivity contribution in [3.8, 4) is 0 Å². The Morgan fingerprint density at radius 3 is 2.26 bits per heavy atom. The zero-order chi connectivity index (χ0) is 30.6. The summed E-state index contributed by atoms with van der Waals surface area (Å²) in [5, 5.41) is 17.9. The van der Waals surface area contributed by atoms with E-state index < -0.39 is 60.2 Å². The van der Waals surface area contributed by atoms with Gasteiger partial charge in [-0.05, 0) is 43.9 Å². The molecule has 1 aromatic carbocycles. The molecule has 15 heteroatoms. The predicted octanol–water partition coefficient (Wildman–Crippen LogP) is -1.45. The summed E-state index contributed by atoms with van der Waals surface area (Å²) in [5.41, 5.74) is 19.2. The molecule has 3 aromatic rings. The standard InChI is InChI=1S/C27H37N9O6/c28-8-4-3-7-20(34-24(38)18(29)9-15-12-32-19-6-2-1-5-17(15)19)25(39)35-21(10-16-13-31-14-33-16)26(40)36-22(27(41)42)11-23(30)37/h1-2,5-6,12-14,18,20-22,32H,3-4,7-11,28-29H2,(H2,30,37)(H,31,33)(H,34,38)(H,35,39)(H,36,40)(H,41,42). The van der Waals surface area contributed by atoms with Gasteiger partial charge in [-0.2, -0.15) is 0 Å². The summed E-state index contributed by atoms with van der Waals surface area (Å²) >= 11 is 0. The average molecular weight is 584 g/mol. The molecule has 0 saturated carbocycles. The first kappa shape index (κ1) is 31.8. The van der Waals surface area contributed by atoms with Gasteiger partial charge in [0.05, 0.1) is 18.8 Å². The number of nitrogens with two attached hydrogens (primary N) is 3. The van der Waals surface area contributed by atoms with Crippen LogP contribution in [0.4, 0.5) is 0 Å². The molecular formula is C27H37N9O6. The van der Waals surface area contributed by atoms with Gasteiger partial charge < -0.3 is 48.2 Å². The maximum Gasteiger partial charge on any atom is 0.326 e. The van der Waals surface area contributed by atoms with E-state index in [0.29, 0.717) is 25.1 Å². The number of aromatic nitrogens is 3. The van der Waals surface area contributed by atoms with Gasteiger partial charge in [-0.15, -0.1) is 0 Å². The van der Waals surface area contributed by atoms with Crippen molar-refractivity contribution in [1.82, 2.24) is 30.9 Å². The number of primary amides is 1. The third-order valence-corrected chi connectivity index (χ3v) is 6.66. The van der Waals surface area contributed by atoms with Crippen LogP contribution in [0.5, 0.6) is 0 Å². The number of carbonyl (C=O) groups excluding carboxylic acids is 4. The van der Waals surface area contributed by atoms with Gasteiger partial charge >= 0.3 is 5.97 Å². The summed E-state index contributed by atoms with van der Waals surface area (Å²) in [6.45, 7) is 0.379. The molecule has 0 fully saturated rings. The molecule has 4 atom stereocenters. The molecular weight excluding hydrogens is 546 g/mol. The highest BCUT2D eigenvalue weighted by atomic mass is 16.4. The Morgan fingerprint density at radius 2 is 1.60 bits per heavy atom. The fourth-order valence-corrected chi connectivity index (χ4v) is 4.44. The summed E-state index contributed by atoms with van der Waals surface area (Å²) in [6.07, 6.45) is 5.41. The summed E-state index contributed by atoms with van der Waals surface area (Å²) < 4.78 is 0. The van der Waals surface area contributed by atoms with Crippen molar-refractivity contribution in [3.63, 3.8) is 0 Å². The van der Waals surface area contributed by atoms with Gasteiger partial charge in [0.15, 0.2) is 0 Å². The van der Waals surface area contributed by atoms with Crippen molar-refractivity contribution < 1.29 is 29.1 Å². The number of aromatic amines is 2. The van der Waals surface area contributed by atoms with Crippen molar-refractivity contribution in [2.24, 2.45) is 17.2 Å². The van der Waals surface area contributed by atoms with Crippen LogP contribution < -0.4 is 33.2 Å². The van der Waals surface area contributed by atoms with Crippen molar-refractivity contribution in [3.05, 3.63) is 54.2 Å². The van der Waals surface area contributed by atoms with Crippen LogP contribution in [0.2, 0.25) is 0 Å². The van der Waals surface area contributed by atoms with Crippen molar-refractivity contribution in [1.29, 1.82) is 0 Å². The number of carbonyl (C=O) groups is 5. The lowest BCUT2D eigenvalue weighted by atomic mass is 10.0. The van der Waals surface area contributed by atoms with Gasteiger partial charge in [-0.1, -0.05) is 18.2 Å². The Labute approximate surface area is 241 Å². The minimum atomic E-state index is -1.60. The molecule has 15 nitrogen and oxygen atoms in total. The van der Waals surface area contributed by atoms with Gasteiger partial charge in [0.2, 0.25) is 23.6 Å². The summed E-state index contributed by atoms with van der Waals surface area (Å²) in [6, 6.07) is 2.69. The highest BCUT2D eigenvalue weighted by molar-refractivity contribution is 5.95. The number of hydrogen-bond donors (Lipinski definition) is 9. The fourth-order valence-electron chi connectivity index (χ4n) is 4.44. The number of hydrogen-bond acceptors (Lipinski definition) is 8. The lowest BCUT2D eigenvalue weighted by Gasteiger charge is -2.25. The Morgan fingerprint density at radius 1 is 0.905 bits per heavy atom. The number of carboxylic acids is 1. The zero-order valence-corrected chi connectivity index (χ0v) is 23.0. The second kappa shape index (κ2) is 15.3. The molecule has 0 aliphatic rings. The highest BCUT2D eigenvalue weighted by Crippen LogP contribution is 2.19. The fraction of sp³-hybridized carbons (Fsp3) is 0.407. The van der Waals surface area contributed by atoms with Crippen LogP contribution in [0.3, 0.4) is 0 Å². The lowest BCUT2D eigenvalue weighted by Crippen LogP contribution is -2.58. The number of unbranched alkanes of at least 4 members (excludes halogenated alkanes) is 1. The number of amides is 4. The van der Waals surface area contributed by atoms with E-state index in [1.54, 1.807) is 6.20 Å². The Kier molecular flexibility index (Phi) is 11.6. The molecule has 2 aromatic heterocycles. The molecule has 4 unspecified atom stereocenters. The average Bonchev–Trinajstić information content (AvgIpc) is 3.61. The number of rotatable bonds is 17. The minimum Gasteiger partial charge on any atom is -0.480 e. The van der Waals surface area contributed by atoms with Crippen LogP contribution in [0, 0.1) is 0 Å². The normalized spacial score (nSPS) is 14.0. The number of nitrogens with one attached hydrogen (secondary N) is 5. The van der Waals surface area contributed by atoms with Gasteiger partial charge in [-0.25, -0.2) is 9.78 Å². The van der Waals surface area contributed by atoms with E-state index in [1.807, 2.05) is 24.3 Å². The van der Waals surface area contributed by atoms with E-state index in [9.17, 15) is 29.1 Å². The van der Waals surface area contributed by atoms with E-state index in [2.05, 4.69) is 30.9 Å². The van der Waals surface area contributed by atoms with Crippen molar-refractivity contribution in [2.75, 3.05) is 6.54 Å². The number of benzene rings is 1. The number of fused-ring (bicyclic) bond motifs is 1. The van der Waals surface area contributed by atoms with E-state index >= 15 is 0 Å². The molecule has 0 spiro atoms. The topological polar surface area (TPSA) is 264 Å². The van der Waals surface area contributed by atoms with Gasteiger partial charge in [-0.3, -0.25) is 19.2 Å². The maximum atomic E-state index is 13.4. The molecule has 0 aliphatic carbocycles. The number of nitrogens with zero attached hydrogens (tertiary/aromatic N) is 1. The molecule has 4 amide bonds. The third kappa shape index (κ3) is 9.14. The summed E-state index contributed by atoms with van der Waals surface area (Å²) in [7, 11) is 0. The van der Waals surface area contributed by atoms with Crippen LogP contribution in [0.1, 0.15) is 36.9 Å². The number of para-hydroxylation sites is 1. The molecule has 2 heterocycles. The molecule has 0 radical (unpaired) electrons. The molecule has 0 aliphatic heterocycles. The van der Waals surface area contributed by atoms with E-state index in [-0.39, 0.29) is 19.3 Å². The first-order chi connectivity index (χ1) is 20.1. The Hall–Kier alpha value is -4.76. The predicted molar refractivity (Wildman–Crippen MR) is 152 cm³/mol. The summed E-state index contributed by atoms with van der Waals surface area (Å²) in [5.74, 6) is -4.50. The third-order valence-electron chi connectivity index (χ3n) is 6.66. The largest absolute Gasteiger partial charge is 0.480 e.